The normalized spacial score (nSPS) is 14.0. The summed E-state index contributed by atoms with van der Waals surface area (Å²) in [7, 11) is 0. The highest BCUT2D eigenvalue weighted by Crippen LogP contribution is 2.35. The van der Waals surface area contributed by atoms with Gasteiger partial charge in [-0.2, -0.15) is 0 Å². The highest BCUT2D eigenvalue weighted by atomic mass is 79.9. The second-order valence-corrected chi connectivity index (χ2v) is 7.40. The Balaban J connectivity index is 1.99. The zero-order valence-corrected chi connectivity index (χ0v) is 14.5. The number of hydrogen-bond donors (Lipinski definition) is 0. The predicted molar refractivity (Wildman–Crippen MR) is 90.7 cm³/mol. The Morgan fingerprint density at radius 3 is 2.55 bits per heavy atom. The predicted octanol–water partition coefficient (Wildman–Crippen LogP) is 4.96. The third-order valence-electron chi connectivity index (χ3n) is 3.08. The average Bonchev–Trinajstić information content (AvgIpc) is 2.45. The molecule has 2 aromatic carbocycles. The zero-order valence-electron chi connectivity index (χ0n) is 10.5. The van der Waals surface area contributed by atoms with Crippen LogP contribution in [0.25, 0.3) is 0 Å². The molecule has 0 radical (unpaired) electrons. The Bertz CT molecular complexity index is 654. The lowest BCUT2D eigenvalue weighted by Crippen LogP contribution is -2.35. The Kier molecular flexibility index (Phi) is 4.19. The third kappa shape index (κ3) is 2.80. The van der Waals surface area contributed by atoms with Crippen LogP contribution in [0.4, 0.5) is 5.69 Å². The number of thioether (sulfide) groups is 1. The van der Waals surface area contributed by atoms with Crippen molar-refractivity contribution >= 4 is 55.2 Å². The van der Waals surface area contributed by atoms with Crippen LogP contribution in [-0.4, -0.2) is 18.2 Å². The van der Waals surface area contributed by atoms with Crippen LogP contribution < -0.4 is 4.90 Å². The van der Waals surface area contributed by atoms with Crippen molar-refractivity contribution in [3.8, 4) is 0 Å². The Morgan fingerprint density at radius 1 is 1.10 bits per heavy atom. The first-order chi connectivity index (χ1) is 9.65. The molecule has 0 fully saturated rings. The summed E-state index contributed by atoms with van der Waals surface area (Å²) in [6, 6.07) is 13.7. The van der Waals surface area contributed by atoms with E-state index in [0.29, 0.717) is 5.56 Å². The van der Waals surface area contributed by atoms with Crippen LogP contribution in [0.5, 0.6) is 0 Å². The van der Waals surface area contributed by atoms with E-state index in [0.717, 1.165) is 26.9 Å². The first-order valence-corrected chi connectivity index (χ1v) is 8.72. The molecule has 3 rings (SSSR count). The molecule has 0 N–H and O–H groups in total. The number of rotatable bonds is 1. The van der Waals surface area contributed by atoms with Crippen molar-refractivity contribution in [1.29, 1.82) is 0 Å². The van der Waals surface area contributed by atoms with E-state index >= 15 is 0 Å². The van der Waals surface area contributed by atoms with Gasteiger partial charge in [0.2, 0.25) is 0 Å². The molecule has 20 heavy (non-hydrogen) atoms. The van der Waals surface area contributed by atoms with Gasteiger partial charge in [0.15, 0.2) is 0 Å². The fourth-order valence-corrected chi connectivity index (χ4v) is 4.50. The van der Waals surface area contributed by atoms with Crippen LogP contribution in [0.1, 0.15) is 10.4 Å². The van der Waals surface area contributed by atoms with Gasteiger partial charge in [0, 0.05) is 31.7 Å². The van der Waals surface area contributed by atoms with Crippen LogP contribution in [0, 0.1) is 0 Å². The van der Waals surface area contributed by atoms with E-state index in [-0.39, 0.29) is 5.91 Å². The number of hydrogen-bond acceptors (Lipinski definition) is 2. The van der Waals surface area contributed by atoms with Gasteiger partial charge in [-0.05, 0) is 30.3 Å². The first kappa shape index (κ1) is 14.2. The Labute approximate surface area is 138 Å². The number of anilines is 1. The molecule has 0 bridgehead atoms. The molecule has 1 aliphatic heterocycles. The quantitative estimate of drug-likeness (QED) is 0.659. The molecular formula is C15H11Br2NOS. The monoisotopic (exact) mass is 411 g/mol. The van der Waals surface area contributed by atoms with Gasteiger partial charge in [-0.15, -0.1) is 11.8 Å². The molecule has 102 valence electrons. The lowest BCUT2D eigenvalue weighted by molar-refractivity contribution is 0.0987. The Morgan fingerprint density at radius 2 is 1.80 bits per heavy atom. The van der Waals surface area contributed by atoms with Crippen LogP contribution in [-0.2, 0) is 0 Å². The lowest BCUT2D eigenvalue weighted by atomic mass is 10.1. The van der Waals surface area contributed by atoms with E-state index in [1.165, 1.54) is 4.90 Å². The summed E-state index contributed by atoms with van der Waals surface area (Å²) in [5.41, 5.74) is 1.69. The third-order valence-corrected chi connectivity index (χ3v) is 5.04. The van der Waals surface area contributed by atoms with Gasteiger partial charge in [-0.3, -0.25) is 4.79 Å². The number of para-hydroxylation sites is 1. The maximum absolute atomic E-state index is 12.7. The number of carbonyl (C=O) groups is 1. The summed E-state index contributed by atoms with van der Waals surface area (Å²) in [6.07, 6.45) is 0. The van der Waals surface area contributed by atoms with Crippen LogP contribution in [0.15, 0.2) is 56.3 Å². The van der Waals surface area contributed by atoms with E-state index < -0.39 is 0 Å². The maximum Gasteiger partial charge on any atom is 0.258 e. The van der Waals surface area contributed by atoms with Crippen molar-refractivity contribution in [2.75, 3.05) is 17.2 Å². The summed E-state index contributed by atoms with van der Waals surface area (Å²) >= 11 is 8.66. The SMILES string of the molecule is O=C(c1cc(Br)cc(Br)c1)N1CCSc2ccccc21. The molecule has 0 aromatic heterocycles. The van der Waals surface area contributed by atoms with Crippen molar-refractivity contribution in [2.24, 2.45) is 0 Å². The molecule has 2 nitrogen and oxygen atoms in total. The van der Waals surface area contributed by atoms with Crippen molar-refractivity contribution < 1.29 is 4.79 Å². The summed E-state index contributed by atoms with van der Waals surface area (Å²) < 4.78 is 1.80. The van der Waals surface area contributed by atoms with Crippen molar-refractivity contribution in [2.45, 2.75) is 4.90 Å². The molecule has 5 heteroatoms. The van der Waals surface area contributed by atoms with E-state index in [9.17, 15) is 4.79 Å². The van der Waals surface area contributed by atoms with Gasteiger partial charge in [-0.1, -0.05) is 44.0 Å². The maximum atomic E-state index is 12.7. The second-order valence-electron chi connectivity index (χ2n) is 4.43. The second kappa shape index (κ2) is 5.92. The minimum absolute atomic E-state index is 0.0414. The van der Waals surface area contributed by atoms with Crippen LogP contribution >= 0.6 is 43.6 Å². The number of carbonyl (C=O) groups excluding carboxylic acids is 1. The molecule has 0 spiro atoms. The van der Waals surface area contributed by atoms with Crippen molar-refractivity contribution in [3.63, 3.8) is 0 Å². The zero-order chi connectivity index (χ0) is 14.1. The van der Waals surface area contributed by atoms with E-state index in [2.05, 4.69) is 37.9 Å². The number of fused-ring (bicyclic) bond motifs is 1. The van der Waals surface area contributed by atoms with Gasteiger partial charge in [0.25, 0.3) is 5.91 Å². The van der Waals surface area contributed by atoms with Crippen molar-refractivity contribution in [1.82, 2.24) is 0 Å². The smallest absolute Gasteiger partial charge is 0.258 e. The molecule has 1 aliphatic rings. The number of benzene rings is 2. The minimum Gasteiger partial charge on any atom is -0.306 e. The lowest BCUT2D eigenvalue weighted by Gasteiger charge is -2.29. The molecule has 0 saturated heterocycles. The summed E-state index contributed by atoms with van der Waals surface area (Å²) in [6.45, 7) is 0.741. The van der Waals surface area contributed by atoms with Gasteiger partial charge in [0.1, 0.15) is 0 Å². The standard InChI is InChI=1S/C15H11Br2NOS/c16-11-7-10(8-12(17)9-11)15(19)18-5-6-20-14-4-2-1-3-13(14)18/h1-4,7-9H,5-6H2. The minimum atomic E-state index is 0.0414. The van der Waals surface area contributed by atoms with Gasteiger partial charge in [0.05, 0.1) is 5.69 Å². The van der Waals surface area contributed by atoms with Gasteiger partial charge >= 0.3 is 0 Å². The molecule has 0 aliphatic carbocycles. The fourth-order valence-electron chi connectivity index (χ4n) is 2.21. The van der Waals surface area contributed by atoms with E-state index in [1.807, 2.05) is 41.3 Å². The topological polar surface area (TPSA) is 20.3 Å². The highest BCUT2D eigenvalue weighted by molar-refractivity contribution is 9.11. The molecule has 0 atom stereocenters. The molecule has 1 heterocycles. The molecular weight excluding hydrogens is 402 g/mol. The number of halogens is 2. The summed E-state index contributed by atoms with van der Waals surface area (Å²) in [5.74, 6) is 0.970. The van der Waals surface area contributed by atoms with E-state index in [1.54, 1.807) is 11.8 Å². The summed E-state index contributed by atoms with van der Waals surface area (Å²) in [4.78, 5) is 15.8. The first-order valence-electron chi connectivity index (χ1n) is 6.15. The number of nitrogens with zero attached hydrogens (tertiary/aromatic N) is 1. The highest BCUT2D eigenvalue weighted by Gasteiger charge is 2.23. The van der Waals surface area contributed by atoms with Crippen molar-refractivity contribution in [3.05, 3.63) is 57.0 Å². The number of amides is 1. The molecule has 1 amide bonds. The average molecular weight is 413 g/mol. The van der Waals surface area contributed by atoms with Gasteiger partial charge in [-0.25, -0.2) is 0 Å². The van der Waals surface area contributed by atoms with Gasteiger partial charge < -0.3 is 4.90 Å². The largest absolute Gasteiger partial charge is 0.306 e. The molecule has 0 unspecified atom stereocenters. The molecule has 2 aromatic rings. The van der Waals surface area contributed by atoms with Crippen LogP contribution in [0.3, 0.4) is 0 Å². The molecule has 0 saturated carbocycles. The summed E-state index contributed by atoms with van der Waals surface area (Å²) in [5, 5.41) is 0. The fraction of sp³-hybridized carbons (Fsp3) is 0.133. The Hall–Kier alpha value is -0.780. The van der Waals surface area contributed by atoms with E-state index in [4.69, 9.17) is 0 Å². The van der Waals surface area contributed by atoms with Crippen LogP contribution in [0.2, 0.25) is 0 Å².